The molecule has 2 N–H and O–H groups in total. The van der Waals surface area contributed by atoms with Crippen molar-refractivity contribution in [2.24, 2.45) is 4.99 Å². The van der Waals surface area contributed by atoms with Crippen LogP contribution in [0, 0.1) is 6.92 Å². The Morgan fingerprint density at radius 2 is 1.90 bits per heavy atom. The first-order valence-electron chi connectivity index (χ1n) is 10.1. The fraction of sp³-hybridized carbons (Fsp3) is 0.364. The molecule has 0 aliphatic carbocycles. The number of guanidine groups is 1. The van der Waals surface area contributed by atoms with Crippen molar-refractivity contribution in [2.75, 3.05) is 25.9 Å². The summed E-state index contributed by atoms with van der Waals surface area (Å²) in [6, 6.07) is 11.1. The highest BCUT2D eigenvalue weighted by Gasteiger charge is 2.06. The lowest BCUT2D eigenvalue weighted by Gasteiger charge is -2.11. The van der Waals surface area contributed by atoms with Crippen LogP contribution in [0.2, 0.25) is 0 Å². The third-order valence-electron chi connectivity index (χ3n) is 4.77. The van der Waals surface area contributed by atoms with Crippen LogP contribution in [-0.4, -0.2) is 49.7 Å². The van der Waals surface area contributed by atoms with Gasteiger partial charge in [-0.25, -0.2) is 13.4 Å². The molecule has 8 heteroatoms. The smallest absolute Gasteiger partial charge is 0.191 e. The Morgan fingerprint density at radius 3 is 2.57 bits per heavy atom. The van der Waals surface area contributed by atoms with E-state index in [1.165, 1.54) is 6.26 Å². The zero-order valence-corrected chi connectivity index (χ0v) is 18.5. The summed E-state index contributed by atoms with van der Waals surface area (Å²) in [6.07, 6.45) is 6.83. The Hall–Kier alpha value is -2.87. The van der Waals surface area contributed by atoms with Crippen molar-refractivity contribution in [3.05, 3.63) is 65.6 Å². The minimum atomic E-state index is -3.16. The molecule has 0 saturated heterocycles. The lowest BCUT2D eigenvalue weighted by molar-refractivity contribution is 0.602. The van der Waals surface area contributed by atoms with Crippen LogP contribution in [0.3, 0.4) is 0 Å². The van der Waals surface area contributed by atoms with E-state index >= 15 is 0 Å². The topological polar surface area (TPSA) is 87.9 Å². The fourth-order valence-corrected chi connectivity index (χ4v) is 3.81. The maximum Gasteiger partial charge on any atom is 0.191 e. The molecule has 30 heavy (non-hydrogen) atoms. The first-order valence-corrected chi connectivity index (χ1v) is 12.0. The van der Waals surface area contributed by atoms with Gasteiger partial charge in [-0.2, -0.15) is 0 Å². The number of aromatic nitrogens is 2. The number of aliphatic imine (C=N–C) groups is 1. The molecule has 0 amide bonds. The van der Waals surface area contributed by atoms with Gasteiger partial charge in [0.15, 0.2) is 15.8 Å². The van der Waals surface area contributed by atoms with E-state index in [1.807, 2.05) is 35.7 Å². The Kier molecular flexibility index (Phi) is 7.10. The van der Waals surface area contributed by atoms with Gasteiger partial charge in [0, 0.05) is 44.7 Å². The van der Waals surface area contributed by atoms with Crippen LogP contribution in [-0.2, 0) is 22.7 Å². The third kappa shape index (κ3) is 5.82. The summed E-state index contributed by atoms with van der Waals surface area (Å²) in [5, 5.41) is 6.58. The van der Waals surface area contributed by atoms with Crippen molar-refractivity contribution in [3.63, 3.8) is 0 Å². The Bertz CT molecular complexity index is 1120. The van der Waals surface area contributed by atoms with Gasteiger partial charge in [-0.1, -0.05) is 18.2 Å². The van der Waals surface area contributed by atoms with Crippen LogP contribution >= 0.6 is 0 Å². The van der Waals surface area contributed by atoms with E-state index in [1.54, 1.807) is 12.1 Å². The van der Waals surface area contributed by atoms with Crippen LogP contribution in [0.1, 0.15) is 23.7 Å². The monoisotopic (exact) mass is 427 g/mol. The number of imidazole rings is 1. The minimum Gasteiger partial charge on any atom is -0.357 e. The average Bonchev–Trinajstić information content (AvgIpc) is 3.12. The highest BCUT2D eigenvalue weighted by Crippen LogP contribution is 2.11. The van der Waals surface area contributed by atoms with Crippen molar-refractivity contribution in [3.8, 4) is 0 Å². The molecular weight excluding hydrogens is 398 g/mol. The summed E-state index contributed by atoms with van der Waals surface area (Å²) in [7, 11) is -3.16. The molecular formula is C22H29N5O2S. The molecule has 0 spiro atoms. The molecule has 2 aromatic heterocycles. The lowest BCUT2D eigenvalue weighted by atomic mass is 10.1. The Morgan fingerprint density at radius 1 is 1.13 bits per heavy atom. The quantitative estimate of drug-likeness (QED) is 0.426. The molecule has 0 fully saturated rings. The number of pyridine rings is 1. The fourth-order valence-electron chi connectivity index (χ4n) is 3.18. The zero-order valence-electron chi connectivity index (χ0n) is 17.7. The SMILES string of the molecule is CCNC(=NCCc1cn2cccc(C)c2n1)NCCc1ccc(S(C)(=O)=O)cc1. The van der Waals surface area contributed by atoms with E-state index in [9.17, 15) is 8.42 Å². The van der Waals surface area contributed by atoms with Gasteiger partial charge in [0.2, 0.25) is 0 Å². The summed E-state index contributed by atoms with van der Waals surface area (Å²) in [5.74, 6) is 0.769. The van der Waals surface area contributed by atoms with Crippen molar-refractivity contribution in [1.82, 2.24) is 20.0 Å². The molecule has 3 rings (SSSR count). The van der Waals surface area contributed by atoms with Gasteiger partial charge in [0.1, 0.15) is 5.65 Å². The van der Waals surface area contributed by atoms with Crippen LogP contribution in [0.15, 0.2) is 58.7 Å². The predicted molar refractivity (Wildman–Crippen MR) is 121 cm³/mol. The number of fused-ring (bicyclic) bond motifs is 1. The van der Waals surface area contributed by atoms with Gasteiger partial charge in [-0.15, -0.1) is 0 Å². The number of aryl methyl sites for hydroxylation is 1. The predicted octanol–water partition coefficient (Wildman–Crippen LogP) is 2.39. The molecule has 0 atom stereocenters. The van der Waals surface area contributed by atoms with Gasteiger partial charge in [0.05, 0.1) is 10.6 Å². The number of rotatable bonds is 8. The summed E-state index contributed by atoms with van der Waals surface area (Å²) >= 11 is 0. The zero-order chi connectivity index (χ0) is 21.6. The molecule has 0 bridgehead atoms. The number of sulfone groups is 1. The molecule has 2 heterocycles. The molecule has 0 aliphatic rings. The molecule has 0 unspecified atom stereocenters. The van der Waals surface area contributed by atoms with E-state index in [4.69, 9.17) is 4.98 Å². The van der Waals surface area contributed by atoms with Crippen LogP contribution < -0.4 is 10.6 Å². The standard InChI is InChI=1S/C22H29N5O2S/c1-4-23-22(24-13-11-18-7-9-20(10-8-18)30(3,28)29)25-14-12-19-16-27-15-5-6-17(2)21(27)26-19/h5-10,15-16H,4,11-14H2,1-3H3,(H2,23,24,25). The molecule has 1 aromatic carbocycles. The number of benzene rings is 1. The first-order chi connectivity index (χ1) is 14.4. The van der Waals surface area contributed by atoms with Crippen LogP contribution in [0.5, 0.6) is 0 Å². The largest absolute Gasteiger partial charge is 0.357 e. The maximum atomic E-state index is 11.5. The number of hydrogen-bond donors (Lipinski definition) is 2. The van der Waals surface area contributed by atoms with Crippen LogP contribution in [0.4, 0.5) is 0 Å². The lowest BCUT2D eigenvalue weighted by Crippen LogP contribution is -2.38. The van der Waals surface area contributed by atoms with E-state index < -0.39 is 9.84 Å². The van der Waals surface area contributed by atoms with Crippen molar-refractivity contribution in [1.29, 1.82) is 0 Å². The first kappa shape index (κ1) is 21.8. The normalized spacial score (nSPS) is 12.3. The summed E-state index contributed by atoms with van der Waals surface area (Å²) in [6.45, 7) is 6.22. The summed E-state index contributed by atoms with van der Waals surface area (Å²) < 4.78 is 25.1. The van der Waals surface area contributed by atoms with Crippen molar-refractivity contribution < 1.29 is 8.42 Å². The third-order valence-corrected chi connectivity index (χ3v) is 5.90. The van der Waals surface area contributed by atoms with Crippen LogP contribution in [0.25, 0.3) is 5.65 Å². The molecule has 3 aromatic rings. The molecule has 0 saturated carbocycles. The second kappa shape index (κ2) is 9.75. The molecule has 0 aliphatic heterocycles. The highest BCUT2D eigenvalue weighted by atomic mass is 32.2. The second-order valence-electron chi connectivity index (χ2n) is 7.26. The highest BCUT2D eigenvalue weighted by molar-refractivity contribution is 7.90. The Balaban J connectivity index is 1.53. The average molecular weight is 428 g/mol. The van der Waals surface area contributed by atoms with E-state index in [2.05, 4.69) is 34.8 Å². The number of nitrogens with one attached hydrogen (secondary N) is 2. The van der Waals surface area contributed by atoms with Gasteiger partial charge in [-0.3, -0.25) is 4.99 Å². The van der Waals surface area contributed by atoms with Gasteiger partial charge in [-0.05, 0) is 49.6 Å². The van der Waals surface area contributed by atoms with Crippen molar-refractivity contribution in [2.45, 2.75) is 31.6 Å². The molecule has 7 nitrogen and oxygen atoms in total. The maximum absolute atomic E-state index is 11.5. The van der Waals surface area contributed by atoms with Gasteiger partial charge >= 0.3 is 0 Å². The van der Waals surface area contributed by atoms with Gasteiger partial charge in [0.25, 0.3) is 0 Å². The number of nitrogens with zero attached hydrogens (tertiary/aromatic N) is 3. The minimum absolute atomic E-state index is 0.344. The van der Waals surface area contributed by atoms with Gasteiger partial charge < -0.3 is 15.0 Å². The van der Waals surface area contributed by atoms with E-state index in [0.29, 0.717) is 18.0 Å². The second-order valence-corrected chi connectivity index (χ2v) is 9.27. The summed E-state index contributed by atoms with van der Waals surface area (Å²) in [4.78, 5) is 9.68. The number of hydrogen-bond acceptors (Lipinski definition) is 4. The molecule has 160 valence electrons. The molecule has 0 radical (unpaired) electrons. The van der Waals surface area contributed by atoms with Crippen molar-refractivity contribution >= 4 is 21.4 Å². The van der Waals surface area contributed by atoms with E-state index in [0.717, 1.165) is 47.8 Å². The summed E-state index contributed by atoms with van der Waals surface area (Å²) in [5.41, 5.74) is 4.25. The Labute approximate surface area is 178 Å². The van der Waals surface area contributed by atoms with E-state index in [-0.39, 0.29) is 0 Å².